The lowest BCUT2D eigenvalue weighted by molar-refractivity contribution is 0.0697. The Hall–Kier alpha value is -2.56. The number of aliphatic hydroxyl groups is 1. The van der Waals surface area contributed by atoms with E-state index in [2.05, 4.69) is 43.4 Å². The smallest absolute Gasteiger partial charge is 0.335 e. The minimum absolute atomic E-state index is 0.0397. The summed E-state index contributed by atoms with van der Waals surface area (Å²) in [5.41, 5.74) is 3.43. The second kappa shape index (κ2) is 11.0. The number of thiophene rings is 1. The van der Waals surface area contributed by atoms with Crippen LogP contribution >= 0.6 is 11.3 Å². The fourth-order valence-corrected chi connectivity index (χ4v) is 7.74. The number of aromatic carboxylic acids is 1. The highest BCUT2D eigenvalue weighted by Crippen LogP contribution is 2.33. The Kier molecular flexibility index (Phi) is 8.20. The van der Waals surface area contributed by atoms with Crippen molar-refractivity contribution in [3.05, 3.63) is 77.4 Å². The first-order valence-corrected chi connectivity index (χ1v) is 14.6. The van der Waals surface area contributed by atoms with E-state index in [0.717, 1.165) is 30.6 Å². The van der Waals surface area contributed by atoms with E-state index in [1.54, 1.807) is 18.2 Å². The van der Waals surface area contributed by atoms with E-state index in [1.807, 2.05) is 0 Å². The predicted octanol–water partition coefficient (Wildman–Crippen LogP) is 4.27. The first kappa shape index (κ1) is 27.5. The van der Waals surface area contributed by atoms with Crippen molar-refractivity contribution < 1.29 is 23.4 Å². The lowest BCUT2D eigenvalue weighted by atomic mass is 9.88. The van der Waals surface area contributed by atoms with Crippen molar-refractivity contribution in [1.82, 2.24) is 9.62 Å². The topological polar surface area (TPSA) is 107 Å². The van der Waals surface area contributed by atoms with Crippen molar-refractivity contribution in [2.24, 2.45) is 5.92 Å². The van der Waals surface area contributed by atoms with E-state index in [0.29, 0.717) is 16.4 Å². The van der Waals surface area contributed by atoms with Crippen LogP contribution in [0.15, 0.2) is 64.9 Å². The number of benzene rings is 2. The molecule has 0 saturated heterocycles. The Morgan fingerprint density at radius 3 is 2.43 bits per heavy atom. The molecule has 1 heterocycles. The molecule has 198 valence electrons. The molecule has 37 heavy (non-hydrogen) atoms. The van der Waals surface area contributed by atoms with E-state index in [-0.39, 0.29) is 28.4 Å². The normalized spacial score (nSPS) is 15.2. The number of likely N-dealkylation sites (N-methyl/N-ethyl adjacent to an activating group) is 1. The maximum atomic E-state index is 13.1. The second-order valence-electron chi connectivity index (χ2n) is 10.5. The molecule has 0 radical (unpaired) electrons. The molecule has 0 unspecified atom stereocenters. The van der Waals surface area contributed by atoms with Gasteiger partial charge in [0.2, 0.25) is 0 Å². The first-order valence-electron chi connectivity index (χ1n) is 12.3. The van der Waals surface area contributed by atoms with Crippen LogP contribution in [0.25, 0.3) is 10.4 Å². The minimum Gasteiger partial charge on any atom is -0.478 e. The number of hydrogen-bond donors (Lipinski definition) is 3. The van der Waals surface area contributed by atoms with Crippen LogP contribution in [0, 0.1) is 5.92 Å². The first-order chi connectivity index (χ1) is 17.4. The van der Waals surface area contributed by atoms with Gasteiger partial charge in [-0.25, -0.2) is 13.2 Å². The summed E-state index contributed by atoms with van der Waals surface area (Å²) < 4.78 is 27.6. The molecule has 3 aromatic rings. The van der Waals surface area contributed by atoms with Gasteiger partial charge in [-0.3, -0.25) is 0 Å². The highest BCUT2D eigenvalue weighted by atomic mass is 32.2. The molecule has 0 bridgehead atoms. The molecule has 1 atom stereocenters. The standard InChI is InChI=1S/C28H34N2O5S2/c1-28(2,16-19-13-20-7-4-5-8-21(20)14-19)29-17-24(31)18-30(3)37(34,35)26-12-11-25(36-26)22-9-6-10-23(15-22)27(32)33/h4-12,15,19,24,29,31H,13-14,16-18H2,1-3H3,(H,32,33)/t24-/m1/s1. The number of fused-ring (bicyclic) bond motifs is 1. The molecule has 4 rings (SSSR count). The van der Waals surface area contributed by atoms with Crippen molar-refractivity contribution in [3.63, 3.8) is 0 Å². The van der Waals surface area contributed by atoms with Gasteiger partial charge >= 0.3 is 5.97 Å². The zero-order valence-electron chi connectivity index (χ0n) is 21.3. The van der Waals surface area contributed by atoms with Crippen molar-refractivity contribution in [2.75, 3.05) is 20.1 Å². The number of carboxylic acids is 1. The number of carboxylic acid groups (broad SMARTS) is 1. The highest BCUT2D eigenvalue weighted by Gasteiger charge is 2.30. The molecule has 3 N–H and O–H groups in total. The fourth-order valence-electron chi connectivity index (χ4n) is 5.01. The average Bonchev–Trinajstić information content (AvgIpc) is 3.50. The van der Waals surface area contributed by atoms with Crippen LogP contribution in [0.1, 0.15) is 41.8 Å². The third-order valence-electron chi connectivity index (χ3n) is 6.86. The van der Waals surface area contributed by atoms with Gasteiger partial charge in [0.1, 0.15) is 4.21 Å². The van der Waals surface area contributed by atoms with Crippen LogP contribution < -0.4 is 5.32 Å². The Labute approximate surface area is 222 Å². The summed E-state index contributed by atoms with van der Waals surface area (Å²) in [6.07, 6.45) is 2.22. The van der Waals surface area contributed by atoms with Crippen LogP contribution in [-0.2, 0) is 22.9 Å². The lowest BCUT2D eigenvalue weighted by Crippen LogP contribution is -2.47. The summed E-state index contributed by atoms with van der Waals surface area (Å²) in [6, 6.07) is 18.2. The Balaban J connectivity index is 1.32. The number of sulfonamides is 1. The Morgan fingerprint density at radius 1 is 1.11 bits per heavy atom. The van der Waals surface area contributed by atoms with E-state index in [1.165, 1.54) is 40.7 Å². The monoisotopic (exact) mass is 542 g/mol. The fraction of sp³-hybridized carbons (Fsp3) is 0.393. The predicted molar refractivity (Wildman–Crippen MR) is 147 cm³/mol. The minimum atomic E-state index is -3.80. The van der Waals surface area contributed by atoms with Gasteiger partial charge in [-0.15, -0.1) is 11.3 Å². The molecule has 1 aliphatic carbocycles. The zero-order chi connectivity index (χ0) is 26.8. The molecule has 2 aromatic carbocycles. The summed E-state index contributed by atoms with van der Waals surface area (Å²) in [5.74, 6) is -0.491. The van der Waals surface area contributed by atoms with Gasteiger partial charge in [0.05, 0.1) is 11.7 Å². The molecule has 0 aliphatic heterocycles. The second-order valence-corrected chi connectivity index (χ2v) is 13.8. The Bertz CT molecular complexity index is 1340. The molecular weight excluding hydrogens is 508 g/mol. The van der Waals surface area contributed by atoms with Gasteiger partial charge in [-0.2, -0.15) is 4.31 Å². The van der Waals surface area contributed by atoms with Gasteiger partial charge in [-0.05, 0) is 80.0 Å². The molecular formula is C28H34N2O5S2. The summed E-state index contributed by atoms with van der Waals surface area (Å²) >= 11 is 1.08. The molecule has 0 spiro atoms. The van der Waals surface area contributed by atoms with E-state index < -0.39 is 22.1 Å². The zero-order valence-corrected chi connectivity index (χ0v) is 23.0. The van der Waals surface area contributed by atoms with Crippen LogP contribution in [0.2, 0.25) is 0 Å². The van der Waals surface area contributed by atoms with Gasteiger partial charge < -0.3 is 15.5 Å². The maximum absolute atomic E-state index is 13.1. The third kappa shape index (κ3) is 6.66. The van der Waals surface area contributed by atoms with Gasteiger partial charge in [-0.1, -0.05) is 36.4 Å². The van der Waals surface area contributed by atoms with Crippen LogP contribution in [0.5, 0.6) is 0 Å². The average molecular weight is 543 g/mol. The number of β-amino-alcohol motifs (C(OH)–C–C–N with tert-alkyl or cyclic N) is 1. The Morgan fingerprint density at radius 2 is 1.78 bits per heavy atom. The number of nitrogens with one attached hydrogen (secondary N) is 1. The van der Waals surface area contributed by atoms with E-state index >= 15 is 0 Å². The molecule has 7 nitrogen and oxygen atoms in total. The number of hydrogen-bond acceptors (Lipinski definition) is 6. The van der Waals surface area contributed by atoms with Crippen molar-refractivity contribution >= 4 is 27.3 Å². The van der Waals surface area contributed by atoms with E-state index in [4.69, 9.17) is 0 Å². The summed E-state index contributed by atoms with van der Waals surface area (Å²) in [5, 5.41) is 23.3. The summed E-state index contributed by atoms with van der Waals surface area (Å²) in [6.45, 7) is 4.48. The van der Waals surface area contributed by atoms with Crippen molar-refractivity contribution in [2.45, 2.75) is 49.0 Å². The molecule has 0 amide bonds. The molecule has 0 saturated carbocycles. The SMILES string of the molecule is CN(C[C@H](O)CNC(C)(C)CC1Cc2ccccc2C1)S(=O)(=O)c1ccc(-c2cccc(C(=O)O)c2)s1. The van der Waals surface area contributed by atoms with Gasteiger partial charge in [0.25, 0.3) is 10.0 Å². The van der Waals surface area contributed by atoms with Gasteiger partial charge in [0, 0.05) is 30.6 Å². The quantitative estimate of drug-likeness (QED) is 0.334. The largest absolute Gasteiger partial charge is 0.478 e. The molecule has 9 heteroatoms. The van der Waals surface area contributed by atoms with Crippen LogP contribution in [0.4, 0.5) is 0 Å². The van der Waals surface area contributed by atoms with Crippen molar-refractivity contribution in [1.29, 1.82) is 0 Å². The lowest BCUT2D eigenvalue weighted by Gasteiger charge is -2.31. The summed E-state index contributed by atoms with van der Waals surface area (Å²) in [4.78, 5) is 11.9. The maximum Gasteiger partial charge on any atom is 0.335 e. The van der Waals surface area contributed by atoms with Crippen LogP contribution in [0.3, 0.4) is 0 Å². The number of carbonyl (C=O) groups is 1. The van der Waals surface area contributed by atoms with E-state index in [9.17, 15) is 23.4 Å². The molecule has 1 aliphatic rings. The highest BCUT2D eigenvalue weighted by molar-refractivity contribution is 7.91. The number of aliphatic hydroxyl groups excluding tert-OH is 1. The summed E-state index contributed by atoms with van der Waals surface area (Å²) in [7, 11) is -2.34. The van der Waals surface area contributed by atoms with Crippen LogP contribution in [-0.4, -0.2) is 60.7 Å². The van der Waals surface area contributed by atoms with Crippen molar-refractivity contribution in [3.8, 4) is 10.4 Å². The molecule has 1 aromatic heterocycles. The number of nitrogens with zero attached hydrogens (tertiary/aromatic N) is 1. The number of rotatable bonds is 11. The van der Waals surface area contributed by atoms with Gasteiger partial charge in [0.15, 0.2) is 0 Å². The molecule has 0 fully saturated rings. The third-order valence-corrected chi connectivity index (χ3v) is 10.3.